The lowest BCUT2D eigenvalue weighted by molar-refractivity contribution is 0.0383. The summed E-state index contributed by atoms with van der Waals surface area (Å²) in [6.45, 7) is 6.49. The average molecular weight is 322 g/mol. The number of rotatable bonds is 8. The highest BCUT2D eigenvalue weighted by Gasteiger charge is 2.11. The van der Waals surface area contributed by atoms with Crippen molar-refractivity contribution >= 4 is 11.7 Å². The van der Waals surface area contributed by atoms with E-state index in [0.717, 1.165) is 45.9 Å². The minimum Gasteiger partial charge on any atom is -0.379 e. The quantitative estimate of drug-likeness (QED) is 0.668. The van der Waals surface area contributed by atoms with E-state index in [4.69, 9.17) is 4.74 Å². The van der Waals surface area contributed by atoms with Gasteiger partial charge in [0.1, 0.15) is 5.82 Å². The van der Waals surface area contributed by atoms with Crippen molar-refractivity contribution in [3.63, 3.8) is 0 Å². The Labute approximate surface area is 137 Å². The molecule has 1 aliphatic rings. The molecule has 8 nitrogen and oxygen atoms in total. The van der Waals surface area contributed by atoms with Crippen LogP contribution in [-0.2, 0) is 4.74 Å². The highest BCUT2D eigenvalue weighted by molar-refractivity contribution is 5.92. The van der Waals surface area contributed by atoms with Crippen molar-refractivity contribution in [2.75, 3.05) is 71.9 Å². The summed E-state index contributed by atoms with van der Waals surface area (Å²) < 4.78 is 5.29. The van der Waals surface area contributed by atoms with Gasteiger partial charge in [-0.15, -0.1) is 10.2 Å². The number of nitrogens with one attached hydrogen (secondary N) is 2. The fourth-order valence-corrected chi connectivity index (χ4v) is 2.20. The molecule has 0 saturated carbocycles. The summed E-state index contributed by atoms with van der Waals surface area (Å²) >= 11 is 0. The molecule has 1 aromatic rings. The van der Waals surface area contributed by atoms with Crippen LogP contribution < -0.4 is 10.6 Å². The summed E-state index contributed by atoms with van der Waals surface area (Å²) in [5.74, 6) is 0.488. The van der Waals surface area contributed by atoms with E-state index in [2.05, 4.69) is 30.6 Å². The summed E-state index contributed by atoms with van der Waals surface area (Å²) in [7, 11) is 4.02. The highest BCUT2D eigenvalue weighted by Crippen LogP contribution is 2.02. The fraction of sp³-hybridized carbons (Fsp3) is 0.667. The first-order valence-electron chi connectivity index (χ1n) is 7.96. The third kappa shape index (κ3) is 6.47. The molecule has 2 N–H and O–H groups in total. The predicted molar refractivity (Wildman–Crippen MR) is 88.7 cm³/mol. The molecule has 0 spiro atoms. The minimum absolute atomic E-state index is 0.189. The van der Waals surface area contributed by atoms with Crippen LogP contribution in [0.3, 0.4) is 0 Å². The van der Waals surface area contributed by atoms with Crippen molar-refractivity contribution in [3.05, 3.63) is 17.8 Å². The number of hydrogen-bond donors (Lipinski definition) is 2. The maximum absolute atomic E-state index is 12.0. The Morgan fingerprint density at radius 2 is 2.04 bits per heavy atom. The molecule has 1 saturated heterocycles. The molecular weight excluding hydrogens is 296 g/mol. The zero-order chi connectivity index (χ0) is 16.5. The molecule has 1 fully saturated rings. The van der Waals surface area contributed by atoms with Crippen molar-refractivity contribution in [1.29, 1.82) is 0 Å². The van der Waals surface area contributed by atoms with Gasteiger partial charge in [-0.1, -0.05) is 0 Å². The van der Waals surface area contributed by atoms with Crippen molar-refractivity contribution in [2.24, 2.45) is 0 Å². The second-order valence-corrected chi connectivity index (χ2v) is 5.74. The third-order valence-corrected chi connectivity index (χ3v) is 3.58. The lowest BCUT2D eigenvalue weighted by atomic mass is 10.3. The topological polar surface area (TPSA) is 82.6 Å². The van der Waals surface area contributed by atoms with Gasteiger partial charge in [-0.05, 0) is 26.2 Å². The summed E-state index contributed by atoms with van der Waals surface area (Å²) in [6, 6.07) is 3.47. The van der Waals surface area contributed by atoms with Gasteiger partial charge in [0.25, 0.3) is 5.91 Å². The van der Waals surface area contributed by atoms with Crippen LogP contribution in [0.1, 0.15) is 10.5 Å². The molecule has 8 heteroatoms. The summed E-state index contributed by atoms with van der Waals surface area (Å²) in [4.78, 5) is 16.4. The SMILES string of the molecule is CN(C)CCNc1ccc(C(=O)NCCN2CCOCC2)nn1. The van der Waals surface area contributed by atoms with Gasteiger partial charge >= 0.3 is 0 Å². The molecule has 23 heavy (non-hydrogen) atoms. The fourth-order valence-electron chi connectivity index (χ4n) is 2.20. The van der Waals surface area contributed by atoms with Crippen LogP contribution in [-0.4, -0.2) is 92.5 Å². The van der Waals surface area contributed by atoms with Crippen LogP contribution in [0.5, 0.6) is 0 Å². The van der Waals surface area contributed by atoms with Crippen molar-refractivity contribution in [1.82, 2.24) is 25.3 Å². The van der Waals surface area contributed by atoms with E-state index < -0.39 is 0 Å². The summed E-state index contributed by atoms with van der Waals surface area (Å²) in [5, 5.41) is 14.0. The Balaban J connectivity index is 1.69. The van der Waals surface area contributed by atoms with Gasteiger partial charge in [0.05, 0.1) is 13.2 Å². The number of morpholine rings is 1. The van der Waals surface area contributed by atoms with Crippen molar-refractivity contribution in [3.8, 4) is 0 Å². The Bertz CT molecular complexity index is 473. The molecular formula is C15H26N6O2. The molecule has 0 radical (unpaired) electrons. The number of carbonyl (C=O) groups excluding carboxylic acids is 1. The van der Waals surface area contributed by atoms with E-state index in [-0.39, 0.29) is 5.91 Å². The number of likely N-dealkylation sites (N-methyl/N-ethyl adjacent to an activating group) is 1. The normalized spacial score (nSPS) is 15.6. The standard InChI is InChI=1S/C15H26N6O2/c1-20(2)7-5-16-14-4-3-13(18-19-14)15(22)17-6-8-21-9-11-23-12-10-21/h3-4H,5-12H2,1-2H3,(H,16,19)(H,17,22). The van der Waals surface area contributed by atoms with Crippen LogP contribution in [0, 0.1) is 0 Å². The number of carbonyl (C=O) groups is 1. The van der Waals surface area contributed by atoms with Gasteiger partial charge in [-0.3, -0.25) is 9.69 Å². The molecule has 0 bridgehead atoms. The first-order chi connectivity index (χ1) is 11.1. The third-order valence-electron chi connectivity index (χ3n) is 3.58. The van der Waals surface area contributed by atoms with Gasteiger partial charge in [-0.25, -0.2) is 0 Å². The lowest BCUT2D eigenvalue weighted by Gasteiger charge is -2.26. The Hall–Kier alpha value is -1.77. The van der Waals surface area contributed by atoms with Gasteiger partial charge in [0, 0.05) is 39.3 Å². The van der Waals surface area contributed by atoms with Crippen LogP contribution >= 0.6 is 0 Å². The van der Waals surface area contributed by atoms with Crippen LogP contribution in [0.15, 0.2) is 12.1 Å². The molecule has 0 atom stereocenters. The van der Waals surface area contributed by atoms with E-state index >= 15 is 0 Å². The van der Waals surface area contributed by atoms with Gasteiger partial charge in [-0.2, -0.15) is 0 Å². The first kappa shape index (κ1) is 17.6. The molecule has 2 heterocycles. The van der Waals surface area contributed by atoms with Crippen molar-refractivity contribution < 1.29 is 9.53 Å². The highest BCUT2D eigenvalue weighted by atomic mass is 16.5. The molecule has 0 unspecified atom stereocenters. The van der Waals surface area contributed by atoms with E-state index in [1.807, 2.05) is 14.1 Å². The number of anilines is 1. The van der Waals surface area contributed by atoms with Crippen LogP contribution in [0.4, 0.5) is 5.82 Å². The van der Waals surface area contributed by atoms with E-state index in [1.165, 1.54) is 0 Å². The zero-order valence-electron chi connectivity index (χ0n) is 13.9. The molecule has 128 valence electrons. The smallest absolute Gasteiger partial charge is 0.271 e. The maximum Gasteiger partial charge on any atom is 0.271 e. The van der Waals surface area contributed by atoms with Gasteiger partial charge in [0.2, 0.25) is 0 Å². The molecule has 2 rings (SSSR count). The summed E-state index contributed by atoms with van der Waals surface area (Å²) in [6.07, 6.45) is 0. The number of nitrogens with zero attached hydrogens (tertiary/aromatic N) is 4. The number of amides is 1. The minimum atomic E-state index is -0.189. The Kier molecular flexibility index (Phi) is 7.18. The second kappa shape index (κ2) is 9.39. The first-order valence-corrected chi connectivity index (χ1v) is 7.96. The predicted octanol–water partition coefficient (Wildman–Crippen LogP) is -0.488. The molecule has 0 aliphatic carbocycles. The van der Waals surface area contributed by atoms with E-state index in [1.54, 1.807) is 12.1 Å². The molecule has 1 amide bonds. The lowest BCUT2D eigenvalue weighted by Crippen LogP contribution is -2.41. The van der Waals surface area contributed by atoms with Gasteiger partial charge < -0.3 is 20.3 Å². The number of ether oxygens (including phenoxy) is 1. The second-order valence-electron chi connectivity index (χ2n) is 5.74. The monoisotopic (exact) mass is 322 g/mol. The Morgan fingerprint density at radius 3 is 2.70 bits per heavy atom. The molecule has 0 aromatic carbocycles. The van der Waals surface area contributed by atoms with Crippen LogP contribution in [0.25, 0.3) is 0 Å². The van der Waals surface area contributed by atoms with Crippen LogP contribution in [0.2, 0.25) is 0 Å². The maximum atomic E-state index is 12.0. The molecule has 1 aromatic heterocycles. The number of aromatic nitrogens is 2. The zero-order valence-corrected chi connectivity index (χ0v) is 13.9. The van der Waals surface area contributed by atoms with E-state index in [0.29, 0.717) is 18.1 Å². The summed E-state index contributed by atoms with van der Waals surface area (Å²) in [5.41, 5.74) is 0.338. The van der Waals surface area contributed by atoms with Gasteiger partial charge in [0.15, 0.2) is 5.69 Å². The molecule has 1 aliphatic heterocycles. The largest absolute Gasteiger partial charge is 0.379 e. The average Bonchev–Trinajstić information content (AvgIpc) is 2.56. The van der Waals surface area contributed by atoms with Crippen molar-refractivity contribution in [2.45, 2.75) is 0 Å². The van der Waals surface area contributed by atoms with E-state index in [9.17, 15) is 4.79 Å². The Morgan fingerprint density at radius 1 is 1.26 bits per heavy atom. The number of hydrogen-bond acceptors (Lipinski definition) is 7.